The number of fused-ring (bicyclic) bond motifs is 1. The molecule has 0 saturated carbocycles. The Bertz CT molecular complexity index is 1590. The molecular formula is C28H24F5N5O3. The van der Waals surface area contributed by atoms with Crippen LogP contribution in [0.15, 0.2) is 54.9 Å². The van der Waals surface area contributed by atoms with Crippen molar-refractivity contribution in [1.29, 1.82) is 0 Å². The lowest BCUT2D eigenvalue weighted by atomic mass is 9.97. The number of carbonyl (C=O) groups excluding carboxylic acids is 1. The Morgan fingerprint density at radius 2 is 1.73 bits per heavy atom. The molecular weight excluding hydrogens is 549 g/mol. The summed E-state index contributed by atoms with van der Waals surface area (Å²) in [5.41, 5.74) is 0.627. The van der Waals surface area contributed by atoms with E-state index in [1.807, 2.05) is 5.32 Å². The molecule has 8 nitrogen and oxygen atoms in total. The number of benzene rings is 2. The zero-order valence-electron chi connectivity index (χ0n) is 21.8. The van der Waals surface area contributed by atoms with Gasteiger partial charge in [-0.1, -0.05) is 19.1 Å². The number of aliphatic carboxylic acids is 1. The molecule has 0 unspecified atom stereocenters. The Kier molecular flexibility index (Phi) is 8.45. The van der Waals surface area contributed by atoms with Crippen molar-refractivity contribution in [3.63, 3.8) is 0 Å². The highest BCUT2D eigenvalue weighted by Gasteiger charge is 2.38. The molecule has 0 spiro atoms. The number of alkyl halides is 3. The van der Waals surface area contributed by atoms with E-state index in [1.165, 1.54) is 6.92 Å². The highest BCUT2D eigenvalue weighted by Crippen LogP contribution is 2.29. The topological polar surface area (TPSA) is 117 Å². The van der Waals surface area contributed by atoms with Gasteiger partial charge in [-0.3, -0.25) is 9.78 Å². The quantitative estimate of drug-likeness (QED) is 0.228. The van der Waals surface area contributed by atoms with E-state index in [9.17, 15) is 36.6 Å². The molecule has 4 rings (SSSR count). The second-order valence-electron chi connectivity index (χ2n) is 9.22. The van der Waals surface area contributed by atoms with E-state index in [1.54, 1.807) is 49.6 Å². The predicted molar refractivity (Wildman–Crippen MR) is 140 cm³/mol. The van der Waals surface area contributed by atoms with Gasteiger partial charge in [-0.05, 0) is 49.2 Å². The molecule has 0 fully saturated rings. The van der Waals surface area contributed by atoms with Gasteiger partial charge in [0, 0.05) is 41.1 Å². The summed E-state index contributed by atoms with van der Waals surface area (Å²) in [6.07, 6.45) is -2.21. The largest absolute Gasteiger partial charge is 0.480 e. The third-order valence-electron chi connectivity index (χ3n) is 6.34. The van der Waals surface area contributed by atoms with Gasteiger partial charge in [0.05, 0.1) is 5.52 Å². The number of hydrogen-bond acceptors (Lipinski definition) is 6. The number of nitrogens with one attached hydrogen (secondary N) is 2. The molecule has 0 bridgehead atoms. The maximum Gasteiger partial charge on any atom is 0.408 e. The molecule has 0 aliphatic rings. The van der Waals surface area contributed by atoms with Crippen LogP contribution < -0.4 is 10.6 Å². The third-order valence-corrected chi connectivity index (χ3v) is 6.34. The maximum atomic E-state index is 14.7. The zero-order chi connectivity index (χ0) is 29.9. The second-order valence-corrected chi connectivity index (χ2v) is 9.22. The van der Waals surface area contributed by atoms with Crippen LogP contribution in [0.4, 0.5) is 27.6 Å². The summed E-state index contributed by atoms with van der Waals surface area (Å²) in [5.74, 6) is -5.36. The van der Waals surface area contributed by atoms with Crippen molar-refractivity contribution in [3.05, 3.63) is 83.3 Å². The zero-order valence-corrected chi connectivity index (χ0v) is 21.8. The fourth-order valence-corrected chi connectivity index (χ4v) is 4.31. The minimum absolute atomic E-state index is 0.273. The Morgan fingerprint density at radius 1 is 1.02 bits per heavy atom. The number of carbonyl (C=O) groups is 2. The van der Waals surface area contributed by atoms with Crippen LogP contribution >= 0.6 is 0 Å². The van der Waals surface area contributed by atoms with Gasteiger partial charge in [-0.25, -0.2) is 23.5 Å². The van der Waals surface area contributed by atoms with Crippen molar-refractivity contribution in [2.24, 2.45) is 0 Å². The summed E-state index contributed by atoms with van der Waals surface area (Å²) in [4.78, 5) is 37.9. The minimum Gasteiger partial charge on any atom is -0.480 e. The van der Waals surface area contributed by atoms with E-state index >= 15 is 0 Å². The Morgan fingerprint density at radius 3 is 2.34 bits per heavy atom. The minimum atomic E-state index is -4.67. The number of aryl methyl sites for hydroxylation is 1. The number of aromatic nitrogens is 3. The van der Waals surface area contributed by atoms with Gasteiger partial charge >= 0.3 is 12.1 Å². The summed E-state index contributed by atoms with van der Waals surface area (Å²) in [7, 11) is 0. The molecule has 13 heteroatoms. The van der Waals surface area contributed by atoms with E-state index < -0.39 is 59.4 Å². The van der Waals surface area contributed by atoms with Crippen LogP contribution in [0.25, 0.3) is 22.3 Å². The molecule has 2 aromatic heterocycles. The molecule has 2 aromatic carbocycles. The first-order chi connectivity index (χ1) is 19.4. The molecule has 0 radical (unpaired) electrons. The van der Waals surface area contributed by atoms with Crippen LogP contribution in [-0.4, -0.2) is 50.2 Å². The molecule has 2 heterocycles. The number of carboxylic acids is 1. The van der Waals surface area contributed by atoms with Gasteiger partial charge in [-0.15, -0.1) is 0 Å². The lowest BCUT2D eigenvalue weighted by molar-refractivity contribution is -0.143. The Hall–Kier alpha value is -4.68. The van der Waals surface area contributed by atoms with E-state index in [0.717, 1.165) is 5.69 Å². The molecule has 4 aromatic rings. The van der Waals surface area contributed by atoms with E-state index in [4.69, 9.17) is 0 Å². The monoisotopic (exact) mass is 573 g/mol. The maximum absolute atomic E-state index is 14.7. The number of carboxylic acid groups (broad SMARTS) is 1. The van der Waals surface area contributed by atoms with Crippen LogP contribution in [-0.2, 0) is 11.2 Å². The molecule has 3 N–H and O–H groups in total. The normalized spacial score (nSPS) is 13.0. The van der Waals surface area contributed by atoms with Crippen LogP contribution in [0, 0.1) is 18.6 Å². The first-order valence-corrected chi connectivity index (χ1v) is 12.4. The number of amides is 1. The van der Waals surface area contributed by atoms with Crippen LogP contribution in [0.2, 0.25) is 0 Å². The summed E-state index contributed by atoms with van der Waals surface area (Å²) in [6, 6.07) is 5.78. The fourth-order valence-electron chi connectivity index (χ4n) is 4.31. The number of nitrogens with zero attached hydrogens (tertiary/aromatic N) is 3. The summed E-state index contributed by atoms with van der Waals surface area (Å²) >= 11 is 0. The predicted octanol–water partition coefficient (Wildman–Crippen LogP) is 5.46. The summed E-state index contributed by atoms with van der Waals surface area (Å²) in [6.45, 7) is 3.05. The van der Waals surface area contributed by atoms with Crippen LogP contribution in [0.3, 0.4) is 0 Å². The van der Waals surface area contributed by atoms with Gasteiger partial charge in [0.1, 0.15) is 29.3 Å². The fraction of sp³-hybridized carbons (Fsp3) is 0.250. The van der Waals surface area contributed by atoms with E-state index in [-0.39, 0.29) is 6.42 Å². The van der Waals surface area contributed by atoms with E-state index in [0.29, 0.717) is 40.0 Å². The highest BCUT2D eigenvalue weighted by atomic mass is 19.4. The van der Waals surface area contributed by atoms with Gasteiger partial charge < -0.3 is 15.7 Å². The number of anilines is 1. The number of pyridine rings is 1. The van der Waals surface area contributed by atoms with Gasteiger partial charge in [0.25, 0.3) is 5.91 Å². The van der Waals surface area contributed by atoms with Crippen molar-refractivity contribution >= 4 is 28.5 Å². The molecule has 1 amide bonds. The lowest BCUT2D eigenvalue weighted by Crippen LogP contribution is -2.43. The molecule has 214 valence electrons. The first kappa shape index (κ1) is 29.3. The molecule has 0 aliphatic heterocycles. The molecule has 0 aliphatic carbocycles. The SMILES string of the molecule is CC[C@@H](Nc1cc(F)c(C(=O)N[C@@H](Cc2ccc(-c3nccc(C)n3)c3ncccc23)C(=O)O)c(F)c1)C(F)(F)F. The summed E-state index contributed by atoms with van der Waals surface area (Å²) < 4.78 is 68.7. The number of hydrogen-bond donors (Lipinski definition) is 3. The van der Waals surface area contributed by atoms with Gasteiger partial charge in [0.2, 0.25) is 0 Å². The third kappa shape index (κ3) is 6.56. The Balaban J connectivity index is 1.60. The average Bonchev–Trinajstić information content (AvgIpc) is 2.90. The van der Waals surface area contributed by atoms with Crippen molar-refractivity contribution < 1.29 is 36.6 Å². The van der Waals surface area contributed by atoms with Crippen molar-refractivity contribution in [2.75, 3.05) is 5.32 Å². The number of halogens is 5. The van der Waals surface area contributed by atoms with Gasteiger partial charge in [0.15, 0.2) is 5.82 Å². The molecule has 0 saturated heterocycles. The highest BCUT2D eigenvalue weighted by molar-refractivity contribution is 5.98. The second kappa shape index (κ2) is 11.8. The van der Waals surface area contributed by atoms with Crippen molar-refractivity contribution in [2.45, 2.75) is 44.9 Å². The standard InChI is InChI=1S/C28H24F5N5O3/c1-3-22(28(31,32)33)37-16-12-19(29)23(20(30)13-16)26(39)38-21(27(40)41)11-15-6-7-18(24-17(15)5-4-9-34-24)25-35-10-8-14(2)36-25/h4-10,12-13,21-22,37H,3,11H2,1-2H3,(H,38,39)(H,40,41)/t21-,22+/m0/s1. The number of rotatable bonds is 9. The Labute approximate surface area is 230 Å². The smallest absolute Gasteiger partial charge is 0.408 e. The first-order valence-electron chi connectivity index (χ1n) is 12.4. The van der Waals surface area contributed by atoms with Gasteiger partial charge in [-0.2, -0.15) is 13.2 Å². The van der Waals surface area contributed by atoms with E-state index in [2.05, 4.69) is 20.3 Å². The summed E-state index contributed by atoms with van der Waals surface area (Å²) in [5, 5.41) is 14.5. The van der Waals surface area contributed by atoms with Crippen molar-refractivity contribution in [1.82, 2.24) is 20.3 Å². The van der Waals surface area contributed by atoms with Crippen molar-refractivity contribution in [3.8, 4) is 11.4 Å². The van der Waals surface area contributed by atoms with Crippen LogP contribution in [0.1, 0.15) is 35.0 Å². The van der Waals surface area contributed by atoms with Crippen LogP contribution in [0.5, 0.6) is 0 Å². The molecule has 41 heavy (non-hydrogen) atoms. The molecule has 2 atom stereocenters. The lowest BCUT2D eigenvalue weighted by Gasteiger charge is -2.22. The average molecular weight is 574 g/mol.